The van der Waals surface area contributed by atoms with E-state index in [1.807, 2.05) is 25.9 Å². The standard InChI is InChI=1S/C28H32FN3O4/c1-5-6-15-31-22-11-8-7-10-20(22)28(27(31)36)23(24(33)19-13-12-18(2)21(29)17-19)25(34)26(35)32(28)16-9-14-30(3)4/h7-8,10-13,17,33H,5-6,9,14-16H2,1-4H3/b24-23+. The molecule has 0 saturated carbocycles. The van der Waals surface area contributed by atoms with Crippen LogP contribution in [-0.2, 0) is 19.9 Å². The second kappa shape index (κ2) is 9.85. The first-order valence-electron chi connectivity index (χ1n) is 12.3. The molecule has 2 aliphatic heterocycles. The lowest BCUT2D eigenvalue weighted by atomic mass is 9.81. The van der Waals surface area contributed by atoms with Gasteiger partial charge in [-0.3, -0.25) is 14.4 Å². The average Bonchev–Trinajstić information content (AvgIpc) is 3.22. The highest BCUT2D eigenvalue weighted by molar-refractivity contribution is 6.50. The summed E-state index contributed by atoms with van der Waals surface area (Å²) < 4.78 is 14.4. The van der Waals surface area contributed by atoms with E-state index in [4.69, 9.17) is 0 Å². The number of rotatable bonds is 8. The SMILES string of the molecule is CCCCN1C(=O)C2(/C(=C(/O)c3ccc(C)c(F)c3)C(=O)C(=O)N2CCCN(C)C)c2ccccc21. The molecule has 190 valence electrons. The number of hydrogen-bond acceptors (Lipinski definition) is 5. The third-order valence-electron chi connectivity index (χ3n) is 6.98. The molecular formula is C28H32FN3O4. The van der Waals surface area contributed by atoms with E-state index in [2.05, 4.69) is 0 Å². The highest BCUT2D eigenvalue weighted by Gasteiger charge is 2.66. The van der Waals surface area contributed by atoms with Crippen molar-refractivity contribution >= 4 is 29.0 Å². The highest BCUT2D eigenvalue weighted by atomic mass is 19.1. The van der Waals surface area contributed by atoms with Gasteiger partial charge in [0.25, 0.3) is 17.6 Å². The van der Waals surface area contributed by atoms with Crippen molar-refractivity contribution in [2.24, 2.45) is 0 Å². The van der Waals surface area contributed by atoms with Crippen molar-refractivity contribution in [2.45, 2.75) is 38.6 Å². The summed E-state index contributed by atoms with van der Waals surface area (Å²) in [5.74, 6) is -3.35. The number of likely N-dealkylation sites (tertiary alicyclic amines) is 1. The molecule has 4 rings (SSSR count). The number of hydrogen-bond donors (Lipinski definition) is 1. The number of benzene rings is 2. The number of unbranched alkanes of at least 4 members (excludes halogenated alkanes) is 1. The highest BCUT2D eigenvalue weighted by Crippen LogP contribution is 2.53. The third-order valence-corrected chi connectivity index (χ3v) is 6.98. The number of para-hydroxylation sites is 1. The maximum absolute atomic E-state index is 14.4. The summed E-state index contributed by atoms with van der Waals surface area (Å²) in [5.41, 5.74) is -0.617. The van der Waals surface area contributed by atoms with Crippen molar-refractivity contribution in [3.63, 3.8) is 0 Å². The van der Waals surface area contributed by atoms with Gasteiger partial charge in [0, 0.05) is 24.2 Å². The van der Waals surface area contributed by atoms with E-state index >= 15 is 0 Å². The van der Waals surface area contributed by atoms with Crippen LogP contribution in [0.3, 0.4) is 0 Å². The maximum atomic E-state index is 14.4. The van der Waals surface area contributed by atoms with Crippen molar-refractivity contribution in [1.82, 2.24) is 9.80 Å². The molecule has 2 amide bonds. The van der Waals surface area contributed by atoms with Crippen LogP contribution in [0.5, 0.6) is 0 Å². The number of anilines is 1. The van der Waals surface area contributed by atoms with Gasteiger partial charge in [-0.15, -0.1) is 0 Å². The van der Waals surface area contributed by atoms with Gasteiger partial charge in [0.15, 0.2) is 5.54 Å². The molecule has 8 heteroatoms. The van der Waals surface area contributed by atoms with Crippen LogP contribution in [0.2, 0.25) is 0 Å². The van der Waals surface area contributed by atoms with Gasteiger partial charge in [-0.05, 0) is 58.1 Å². The van der Waals surface area contributed by atoms with E-state index in [1.165, 1.54) is 17.0 Å². The Morgan fingerprint density at radius 1 is 1.06 bits per heavy atom. The Balaban J connectivity index is 1.99. The normalized spacial score (nSPS) is 20.8. The Kier molecular flexibility index (Phi) is 7.00. The molecule has 2 aromatic carbocycles. The van der Waals surface area contributed by atoms with E-state index in [9.17, 15) is 23.9 Å². The molecule has 1 atom stereocenters. The third kappa shape index (κ3) is 3.89. The monoisotopic (exact) mass is 493 g/mol. The Labute approximate surface area is 210 Å². The number of halogens is 1. The molecule has 7 nitrogen and oxygen atoms in total. The minimum absolute atomic E-state index is 0.0426. The van der Waals surface area contributed by atoms with Gasteiger partial charge in [0.05, 0.1) is 11.3 Å². The van der Waals surface area contributed by atoms with Crippen molar-refractivity contribution in [3.8, 4) is 0 Å². The molecule has 1 spiro atoms. The zero-order chi connectivity index (χ0) is 26.2. The fourth-order valence-electron chi connectivity index (χ4n) is 5.13. The number of aliphatic hydroxyl groups is 1. The predicted molar refractivity (Wildman–Crippen MR) is 136 cm³/mol. The Morgan fingerprint density at radius 2 is 1.78 bits per heavy atom. The molecule has 0 radical (unpaired) electrons. The molecule has 2 aromatic rings. The van der Waals surface area contributed by atoms with E-state index in [1.54, 1.807) is 36.1 Å². The van der Waals surface area contributed by atoms with Gasteiger partial charge in [-0.25, -0.2) is 4.39 Å². The van der Waals surface area contributed by atoms with Crippen LogP contribution in [0.15, 0.2) is 48.0 Å². The molecule has 0 bridgehead atoms. The van der Waals surface area contributed by atoms with Crippen LogP contribution in [0.25, 0.3) is 5.76 Å². The van der Waals surface area contributed by atoms with E-state index in [0.29, 0.717) is 36.3 Å². The fraction of sp³-hybridized carbons (Fsp3) is 0.393. The molecule has 0 aliphatic carbocycles. The lowest BCUT2D eigenvalue weighted by molar-refractivity contribution is -0.143. The first kappa shape index (κ1) is 25.6. The van der Waals surface area contributed by atoms with Gasteiger partial charge in [0.2, 0.25) is 0 Å². The van der Waals surface area contributed by atoms with E-state index in [0.717, 1.165) is 18.9 Å². The predicted octanol–water partition coefficient (Wildman–Crippen LogP) is 3.81. The van der Waals surface area contributed by atoms with Crippen LogP contribution in [-0.4, -0.2) is 66.2 Å². The minimum atomic E-state index is -1.81. The number of aryl methyl sites for hydroxylation is 1. The Hall–Kier alpha value is -3.52. The van der Waals surface area contributed by atoms with E-state index in [-0.39, 0.29) is 17.7 Å². The van der Waals surface area contributed by atoms with Gasteiger partial charge in [-0.2, -0.15) is 0 Å². The average molecular weight is 494 g/mol. The van der Waals surface area contributed by atoms with Gasteiger partial charge in [-0.1, -0.05) is 43.7 Å². The molecule has 2 aliphatic rings. The molecule has 2 heterocycles. The van der Waals surface area contributed by atoms with Gasteiger partial charge < -0.3 is 19.8 Å². The van der Waals surface area contributed by atoms with E-state index < -0.39 is 34.7 Å². The second-order valence-corrected chi connectivity index (χ2v) is 9.67. The fourth-order valence-corrected chi connectivity index (χ4v) is 5.13. The molecule has 1 saturated heterocycles. The van der Waals surface area contributed by atoms with Gasteiger partial charge >= 0.3 is 0 Å². The quantitative estimate of drug-likeness (QED) is 0.344. The summed E-state index contributed by atoms with van der Waals surface area (Å²) in [6.45, 7) is 4.79. The van der Waals surface area contributed by atoms with Crippen LogP contribution < -0.4 is 4.90 Å². The topological polar surface area (TPSA) is 81.2 Å². The largest absolute Gasteiger partial charge is 0.507 e. The molecule has 1 N–H and O–H groups in total. The number of carbonyl (C=O) groups is 3. The first-order valence-corrected chi connectivity index (χ1v) is 12.3. The first-order chi connectivity index (χ1) is 17.2. The summed E-state index contributed by atoms with van der Waals surface area (Å²) in [5, 5.41) is 11.4. The van der Waals surface area contributed by atoms with Crippen molar-refractivity contribution < 1.29 is 23.9 Å². The second-order valence-electron chi connectivity index (χ2n) is 9.67. The molecule has 1 fully saturated rings. The molecule has 36 heavy (non-hydrogen) atoms. The molecular weight excluding hydrogens is 461 g/mol. The summed E-state index contributed by atoms with van der Waals surface area (Å²) in [4.78, 5) is 46.2. The lowest BCUT2D eigenvalue weighted by Gasteiger charge is -2.34. The molecule has 0 aromatic heterocycles. The number of Topliss-reactive ketones (excluding diaryl/α,β-unsaturated/α-hetero) is 1. The zero-order valence-corrected chi connectivity index (χ0v) is 21.2. The number of aliphatic hydroxyl groups excluding tert-OH is 1. The number of fused-ring (bicyclic) bond motifs is 2. The Bertz CT molecular complexity index is 1260. The van der Waals surface area contributed by atoms with Crippen LogP contribution in [0, 0.1) is 12.7 Å². The van der Waals surface area contributed by atoms with Crippen LogP contribution >= 0.6 is 0 Å². The smallest absolute Gasteiger partial charge is 0.296 e. The van der Waals surface area contributed by atoms with Crippen molar-refractivity contribution in [3.05, 3.63) is 70.5 Å². The van der Waals surface area contributed by atoms with Crippen molar-refractivity contribution in [2.75, 3.05) is 38.6 Å². The van der Waals surface area contributed by atoms with Gasteiger partial charge in [0.1, 0.15) is 11.6 Å². The maximum Gasteiger partial charge on any atom is 0.296 e. The molecule has 1 unspecified atom stereocenters. The Morgan fingerprint density at radius 3 is 2.44 bits per heavy atom. The summed E-state index contributed by atoms with van der Waals surface area (Å²) in [6.07, 6.45) is 2.10. The summed E-state index contributed by atoms with van der Waals surface area (Å²) >= 11 is 0. The van der Waals surface area contributed by atoms with Crippen LogP contribution in [0.4, 0.5) is 10.1 Å². The lowest BCUT2D eigenvalue weighted by Crippen LogP contribution is -2.52. The van der Waals surface area contributed by atoms with Crippen LogP contribution in [0.1, 0.15) is 42.9 Å². The summed E-state index contributed by atoms with van der Waals surface area (Å²) in [7, 11) is 3.80. The number of ketones is 1. The number of carbonyl (C=O) groups excluding carboxylic acids is 3. The zero-order valence-electron chi connectivity index (χ0n) is 21.2. The van der Waals surface area contributed by atoms with Crippen molar-refractivity contribution in [1.29, 1.82) is 0 Å². The summed E-state index contributed by atoms with van der Waals surface area (Å²) in [6, 6.07) is 11.2. The number of nitrogens with zero attached hydrogens (tertiary/aromatic N) is 3. The number of amides is 2. The minimum Gasteiger partial charge on any atom is -0.507 e.